The summed E-state index contributed by atoms with van der Waals surface area (Å²) in [5.74, 6) is -0.462. The fourth-order valence-electron chi connectivity index (χ4n) is 3.64. The number of carbonyl (C=O) groups excluding carboxylic acids is 1. The summed E-state index contributed by atoms with van der Waals surface area (Å²) in [7, 11) is 0. The van der Waals surface area contributed by atoms with E-state index in [0.29, 0.717) is 25.0 Å². The van der Waals surface area contributed by atoms with Gasteiger partial charge in [0, 0.05) is 12.5 Å². The SMILES string of the molecule is CCC1(c2ccc(-c3ccccc3)c(C#N)c2)CC(C(N)=O)CCO1. The van der Waals surface area contributed by atoms with Crippen LogP contribution < -0.4 is 5.73 Å². The van der Waals surface area contributed by atoms with Crippen molar-refractivity contribution in [1.82, 2.24) is 0 Å². The first-order valence-electron chi connectivity index (χ1n) is 8.63. The van der Waals surface area contributed by atoms with Crippen LogP contribution >= 0.6 is 0 Å². The summed E-state index contributed by atoms with van der Waals surface area (Å²) in [6.45, 7) is 2.55. The minimum absolute atomic E-state index is 0.187. The van der Waals surface area contributed by atoms with Gasteiger partial charge >= 0.3 is 0 Å². The molecule has 2 N–H and O–H groups in total. The minimum Gasteiger partial charge on any atom is -0.370 e. The Hall–Kier alpha value is -2.64. The summed E-state index contributed by atoms with van der Waals surface area (Å²) >= 11 is 0. The number of rotatable bonds is 4. The maximum Gasteiger partial charge on any atom is 0.220 e. The highest BCUT2D eigenvalue weighted by atomic mass is 16.5. The molecule has 2 aromatic rings. The van der Waals surface area contributed by atoms with Crippen LogP contribution in [0.25, 0.3) is 11.1 Å². The lowest BCUT2D eigenvalue weighted by atomic mass is 9.78. The molecule has 1 aliphatic rings. The van der Waals surface area contributed by atoms with E-state index in [0.717, 1.165) is 23.1 Å². The molecule has 4 nitrogen and oxygen atoms in total. The van der Waals surface area contributed by atoms with Crippen LogP contribution in [0.3, 0.4) is 0 Å². The molecule has 0 aliphatic carbocycles. The van der Waals surface area contributed by atoms with E-state index >= 15 is 0 Å². The van der Waals surface area contributed by atoms with Gasteiger partial charge in [-0.2, -0.15) is 5.26 Å². The number of nitrogens with zero attached hydrogens (tertiary/aromatic N) is 1. The molecule has 1 amide bonds. The van der Waals surface area contributed by atoms with Crippen LogP contribution in [0, 0.1) is 17.2 Å². The van der Waals surface area contributed by atoms with E-state index in [4.69, 9.17) is 10.5 Å². The molecular formula is C21H22N2O2. The first-order valence-corrected chi connectivity index (χ1v) is 8.63. The van der Waals surface area contributed by atoms with Crippen LogP contribution in [0.2, 0.25) is 0 Å². The van der Waals surface area contributed by atoms with Gasteiger partial charge in [0.2, 0.25) is 5.91 Å². The quantitative estimate of drug-likeness (QED) is 0.925. The third-order valence-corrected chi connectivity index (χ3v) is 5.15. The molecule has 4 heteroatoms. The van der Waals surface area contributed by atoms with Crippen molar-refractivity contribution in [2.45, 2.75) is 31.8 Å². The van der Waals surface area contributed by atoms with Crippen molar-refractivity contribution < 1.29 is 9.53 Å². The molecule has 0 bridgehead atoms. The maximum absolute atomic E-state index is 11.7. The molecule has 1 saturated heterocycles. The van der Waals surface area contributed by atoms with Gasteiger partial charge < -0.3 is 10.5 Å². The predicted molar refractivity (Wildman–Crippen MR) is 96.4 cm³/mol. The topological polar surface area (TPSA) is 76.1 Å². The Kier molecular flexibility index (Phi) is 4.87. The molecule has 25 heavy (non-hydrogen) atoms. The Balaban J connectivity index is 2.02. The van der Waals surface area contributed by atoms with Crippen molar-refractivity contribution in [3.8, 4) is 17.2 Å². The molecule has 1 aliphatic heterocycles. The van der Waals surface area contributed by atoms with Gasteiger partial charge in [-0.15, -0.1) is 0 Å². The Morgan fingerprint density at radius 1 is 1.32 bits per heavy atom. The van der Waals surface area contributed by atoms with E-state index in [1.54, 1.807) is 0 Å². The highest BCUT2D eigenvalue weighted by Gasteiger charge is 2.39. The Morgan fingerprint density at radius 3 is 2.72 bits per heavy atom. The van der Waals surface area contributed by atoms with Gasteiger partial charge in [-0.1, -0.05) is 49.4 Å². The van der Waals surface area contributed by atoms with Gasteiger partial charge in [0.1, 0.15) is 0 Å². The number of nitrogens with two attached hydrogens (primary N) is 1. The molecule has 2 atom stereocenters. The fourth-order valence-corrected chi connectivity index (χ4v) is 3.64. The second kappa shape index (κ2) is 7.08. The second-order valence-electron chi connectivity index (χ2n) is 6.53. The van der Waals surface area contributed by atoms with E-state index in [1.165, 1.54) is 0 Å². The molecule has 1 fully saturated rings. The van der Waals surface area contributed by atoms with Crippen LogP contribution in [0.4, 0.5) is 0 Å². The Labute approximate surface area is 148 Å². The number of carbonyl (C=O) groups is 1. The van der Waals surface area contributed by atoms with Gasteiger partial charge in [0.05, 0.1) is 17.2 Å². The highest BCUT2D eigenvalue weighted by molar-refractivity contribution is 5.77. The second-order valence-corrected chi connectivity index (χ2v) is 6.53. The molecule has 2 aromatic carbocycles. The van der Waals surface area contributed by atoms with Gasteiger partial charge in [0.15, 0.2) is 0 Å². The summed E-state index contributed by atoms with van der Waals surface area (Å²) in [4.78, 5) is 11.7. The normalized spacial score (nSPS) is 23.0. The number of benzene rings is 2. The summed E-state index contributed by atoms with van der Waals surface area (Å²) in [5, 5.41) is 9.63. The zero-order valence-corrected chi connectivity index (χ0v) is 14.4. The van der Waals surface area contributed by atoms with Crippen molar-refractivity contribution in [3.63, 3.8) is 0 Å². The van der Waals surface area contributed by atoms with Gasteiger partial charge in [-0.05, 0) is 42.0 Å². The summed E-state index contributed by atoms with van der Waals surface area (Å²) < 4.78 is 6.11. The predicted octanol–water partition coefficient (Wildman–Crippen LogP) is 3.74. The molecule has 2 unspecified atom stereocenters. The number of primary amides is 1. The Bertz CT molecular complexity index is 810. The standard InChI is InChI=1S/C21H22N2O2/c1-2-21(13-16(20(23)24)10-11-25-21)18-8-9-19(17(12-18)14-22)15-6-4-3-5-7-15/h3-9,12,16H,2,10-11,13H2,1H3,(H2,23,24). The van der Waals surface area contributed by atoms with Crippen molar-refractivity contribution in [2.24, 2.45) is 11.7 Å². The van der Waals surface area contributed by atoms with Crippen molar-refractivity contribution >= 4 is 5.91 Å². The lowest BCUT2D eigenvalue weighted by Crippen LogP contribution is -2.41. The van der Waals surface area contributed by atoms with E-state index < -0.39 is 5.60 Å². The first kappa shape index (κ1) is 17.2. The van der Waals surface area contributed by atoms with Gasteiger partial charge in [0.25, 0.3) is 0 Å². The van der Waals surface area contributed by atoms with Crippen LogP contribution in [0.1, 0.15) is 37.3 Å². The molecule has 0 radical (unpaired) electrons. The van der Waals surface area contributed by atoms with Crippen LogP contribution in [0.5, 0.6) is 0 Å². The summed E-state index contributed by atoms with van der Waals surface area (Å²) in [5.41, 5.74) is 8.44. The fraction of sp³-hybridized carbons (Fsp3) is 0.333. The van der Waals surface area contributed by atoms with E-state index in [-0.39, 0.29) is 11.8 Å². The minimum atomic E-state index is -0.557. The molecule has 0 aromatic heterocycles. The van der Waals surface area contributed by atoms with E-state index in [9.17, 15) is 10.1 Å². The summed E-state index contributed by atoms with van der Waals surface area (Å²) in [6.07, 6.45) is 1.95. The third kappa shape index (κ3) is 3.29. The number of nitriles is 1. The van der Waals surface area contributed by atoms with Crippen molar-refractivity contribution in [2.75, 3.05) is 6.61 Å². The molecular weight excluding hydrogens is 312 g/mol. The van der Waals surface area contributed by atoms with Crippen molar-refractivity contribution in [3.05, 3.63) is 59.7 Å². The van der Waals surface area contributed by atoms with Crippen LogP contribution in [0.15, 0.2) is 48.5 Å². The first-order chi connectivity index (χ1) is 12.1. The van der Waals surface area contributed by atoms with Gasteiger partial charge in [-0.3, -0.25) is 4.79 Å². The lowest BCUT2D eigenvalue weighted by molar-refractivity contribution is -0.138. The smallest absolute Gasteiger partial charge is 0.220 e. The maximum atomic E-state index is 11.7. The zero-order valence-electron chi connectivity index (χ0n) is 14.4. The third-order valence-electron chi connectivity index (χ3n) is 5.15. The van der Waals surface area contributed by atoms with Gasteiger partial charge in [-0.25, -0.2) is 0 Å². The molecule has 3 rings (SSSR count). The highest BCUT2D eigenvalue weighted by Crippen LogP contribution is 2.41. The number of hydrogen-bond donors (Lipinski definition) is 1. The zero-order chi connectivity index (χ0) is 17.9. The molecule has 0 spiro atoms. The lowest BCUT2D eigenvalue weighted by Gasteiger charge is -2.40. The number of hydrogen-bond acceptors (Lipinski definition) is 3. The monoisotopic (exact) mass is 334 g/mol. The average Bonchev–Trinajstić information content (AvgIpc) is 2.68. The summed E-state index contributed by atoms with van der Waals surface area (Å²) in [6, 6.07) is 18.0. The van der Waals surface area contributed by atoms with Crippen LogP contribution in [-0.2, 0) is 15.1 Å². The average molecular weight is 334 g/mol. The van der Waals surface area contributed by atoms with Crippen molar-refractivity contribution in [1.29, 1.82) is 5.26 Å². The van der Waals surface area contributed by atoms with E-state index in [2.05, 4.69) is 6.07 Å². The number of amides is 1. The number of ether oxygens (including phenoxy) is 1. The molecule has 1 heterocycles. The Morgan fingerprint density at radius 2 is 2.08 bits per heavy atom. The van der Waals surface area contributed by atoms with Crippen LogP contribution in [-0.4, -0.2) is 12.5 Å². The van der Waals surface area contributed by atoms with E-state index in [1.807, 2.05) is 55.5 Å². The largest absolute Gasteiger partial charge is 0.370 e. The molecule has 128 valence electrons. The molecule has 0 saturated carbocycles.